The van der Waals surface area contributed by atoms with Gasteiger partial charge in [0.05, 0.1) is 11.0 Å². The quantitative estimate of drug-likeness (QED) is 0.369. The summed E-state index contributed by atoms with van der Waals surface area (Å²) >= 11 is 0. The van der Waals surface area contributed by atoms with E-state index in [0.29, 0.717) is 18.3 Å². The van der Waals surface area contributed by atoms with Crippen LogP contribution in [0.2, 0.25) is 0 Å². The maximum Gasteiger partial charge on any atom is 0.514 e. The van der Waals surface area contributed by atoms with E-state index in [0.717, 1.165) is 13.0 Å². The van der Waals surface area contributed by atoms with E-state index < -0.39 is 11.1 Å². The first-order chi connectivity index (χ1) is 10.5. The Kier molecular flexibility index (Phi) is 3.98. The van der Waals surface area contributed by atoms with Crippen molar-refractivity contribution in [3.05, 3.63) is 34.4 Å². The van der Waals surface area contributed by atoms with Gasteiger partial charge >= 0.3 is 6.16 Å². The zero-order valence-electron chi connectivity index (χ0n) is 12.1. The van der Waals surface area contributed by atoms with Crippen LogP contribution in [0, 0.1) is 22.0 Å². The second-order valence-electron chi connectivity index (χ2n) is 5.83. The number of nitro groups is 1. The summed E-state index contributed by atoms with van der Waals surface area (Å²) in [7, 11) is 0. The molecule has 1 aromatic rings. The van der Waals surface area contributed by atoms with E-state index in [2.05, 4.69) is 6.92 Å². The summed E-state index contributed by atoms with van der Waals surface area (Å²) < 4.78 is 16.0. The van der Waals surface area contributed by atoms with Crippen molar-refractivity contribution in [2.45, 2.75) is 32.0 Å². The van der Waals surface area contributed by atoms with Crippen LogP contribution in [0.1, 0.15) is 19.8 Å². The zero-order chi connectivity index (χ0) is 15.7. The van der Waals surface area contributed by atoms with Gasteiger partial charge in [-0.3, -0.25) is 10.1 Å². The fourth-order valence-electron chi connectivity index (χ4n) is 3.16. The zero-order valence-corrected chi connectivity index (χ0v) is 12.1. The van der Waals surface area contributed by atoms with Gasteiger partial charge in [-0.1, -0.05) is 6.92 Å². The van der Waals surface area contributed by atoms with Crippen LogP contribution in [0.25, 0.3) is 0 Å². The van der Waals surface area contributed by atoms with Crippen LogP contribution in [-0.4, -0.2) is 29.9 Å². The largest absolute Gasteiger partial charge is 0.514 e. The maximum atomic E-state index is 11.8. The number of non-ortho nitro benzene ring substituents is 1. The summed E-state index contributed by atoms with van der Waals surface area (Å²) in [5.74, 6) is 1.15. The van der Waals surface area contributed by atoms with Gasteiger partial charge < -0.3 is 14.2 Å². The highest BCUT2D eigenvalue weighted by molar-refractivity contribution is 5.64. The predicted octanol–water partition coefficient (Wildman–Crippen LogP) is 2.92. The molecule has 0 spiro atoms. The Morgan fingerprint density at radius 3 is 2.68 bits per heavy atom. The fourth-order valence-corrected chi connectivity index (χ4v) is 3.16. The second kappa shape index (κ2) is 5.92. The van der Waals surface area contributed by atoms with Crippen LogP contribution in [-0.2, 0) is 9.47 Å². The lowest BCUT2D eigenvalue weighted by Gasteiger charge is -2.14. The minimum Gasteiger partial charge on any atom is -0.431 e. The van der Waals surface area contributed by atoms with E-state index in [1.165, 1.54) is 24.3 Å². The average Bonchev–Trinajstić information content (AvgIpc) is 3.01. The Labute approximate surface area is 127 Å². The second-order valence-corrected chi connectivity index (χ2v) is 5.83. The number of fused-ring (bicyclic) bond motifs is 1. The molecule has 0 aromatic heterocycles. The minimum absolute atomic E-state index is 0.0597. The molecule has 0 N–H and O–H groups in total. The number of nitro benzene ring substituents is 1. The van der Waals surface area contributed by atoms with Gasteiger partial charge in [-0.2, -0.15) is 0 Å². The van der Waals surface area contributed by atoms with Crippen molar-refractivity contribution in [3.63, 3.8) is 0 Å². The molecule has 22 heavy (non-hydrogen) atoms. The Morgan fingerprint density at radius 1 is 1.32 bits per heavy atom. The first-order valence-electron chi connectivity index (χ1n) is 7.27. The number of ether oxygens (including phenoxy) is 3. The molecule has 0 radical (unpaired) electrons. The Bertz CT molecular complexity index is 572. The van der Waals surface area contributed by atoms with Crippen LogP contribution in [0.3, 0.4) is 0 Å². The van der Waals surface area contributed by atoms with E-state index in [1.54, 1.807) is 0 Å². The van der Waals surface area contributed by atoms with Crippen LogP contribution in [0.5, 0.6) is 5.75 Å². The molecule has 1 saturated carbocycles. The number of nitrogens with zero attached hydrogens (tertiary/aromatic N) is 1. The van der Waals surface area contributed by atoms with Gasteiger partial charge in [0.2, 0.25) is 0 Å². The molecule has 4 unspecified atom stereocenters. The molecular formula is C15H17NO6. The van der Waals surface area contributed by atoms with Gasteiger partial charge in [0.15, 0.2) is 0 Å². The first-order valence-corrected chi connectivity index (χ1v) is 7.27. The molecule has 118 valence electrons. The lowest BCUT2D eigenvalue weighted by atomic mass is 9.94. The van der Waals surface area contributed by atoms with Crippen LogP contribution >= 0.6 is 0 Å². The van der Waals surface area contributed by atoms with Crippen LogP contribution in [0.4, 0.5) is 10.5 Å². The third-order valence-corrected chi connectivity index (χ3v) is 4.32. The van der Waals surface area contributed by atoms with Gasteiger partial charge in [-0.15, -0.1) is 0 Å². The van der Waals surface area contributed by atoms with E-state index in [4.69, 9.17) is 14.2 Å². The predicted molar refractivity (Wildman–Crippen MR) is 75.6 cm³/mol. The summed E-state index contributed by atoms with van der Waals surface area (Å²) in [5.41, 5.74) is -0.0597. The molecule has 1 heterocycles. The minimum atomic E-state index is -0.786. The summed E-state index contributed by atoms with van der Waals surface area (Å²) in [6.45, 7) is 2.91. The van der Waals surface area contributed by atoms with Crippen LogP contribution in [0.15, 0.2) is 24.3 Å². The highest BCUT2D eigenvalue weighted by atomic mass is 16.7. The third kappa shape index (κ3) is 3.04. The molecule has 0 amide bonds. The van der Waals surface area contributed by atoms with Gasteiger partial charge in [0.25, 0.3) is 5.69 Å². The van der Waals surface area contributed by atoms with Crippen LogP contribution < -0.4 is 4.74 Å². The summed E-state index contributed by atoms with van der Waals surface area (Å²) in [6.07, 6.45) is 0.688. The lowest BCUT2D eigenvalue weighted by molar-refractivity contribution is -0.384. The molecule has 1 saturated heterocycles. The number of carbonyl (C=O) groups excluding carboxylic acids is 1. The number of hydrogen-bond donors (Lipinski definition) is 0. The molecular weight excluding hydrogens is 290 g/mol. The highest BCUT2D eigenvalue weighted by Crippen LogP contribution is 2.40. The van der Waals surface area contributed by atoms with Crippen molar-refractivity contribution in [1.29, 1.82) is 0 Å². The normalized spacial score (nSPS) is 29.9. The Balaban J connectivity index is 1.51. The maximum absolute atomic E-state index is 11.8. The Hall–Kier alpha value is -2.15. The van der Waals surface area contributed by atoms with Crippen molar-refractivity contribution in [2.75, 3.05) is 6.61 Å². The van der Waals surface area contributed by atoms with Gasteiger partial charge in [-0.05, 0) is 30.4 Å². The third-order valence-electron chi connectivity index (χ3n) is 4.32. The molecule has 7 heteroatoms. The van der Waals surface area contributed by atoms with E-state index >= 15 is 0 Å². The molecule has 4 atom stereocenters. The lowest BCUT2D eigenvalue weighted by Crippen LogP contribution is -2.20. The standard InChI is InChI=1S/C15H17NO6/c1-9-8-20-14-7-12(6-13(9)14)22-15(17)21-11-4-2-10(3-5-11)16(18)19/h2-5,9,12-14H,6-8H2,1H3. The molecule has 2 aliphatic rings. The van der Waals surface area contributed by atoms with E-state index in [9.17, 15) is 14.9 Å². The summed E-state index contributed by atoms with van der Waals surface area (Å²) in [6, 6.07) is 5.29. The van der Waals surface area contributed by atoms with Crippen molar-refractivity contribution in [1.82, 2.24) is 0 Å². The van der Waals surface area contributed by atoms with Gasteiger partial charge in [-0.25, -0.2) is 4.79 Å². The summed E-state index contributed by atoms with van der Waals surface area (Å²) in [5, 5.41) is 10.5. The van der Waals surface area contributed by atoms with Gasteiger partial charge in [0.1, 0.15) is 11.9 Å². The van der Waals surface area contributed by atoms with Crippen molar-refractivity contribution < 1.29 is 23.9 Å². The van der Waals surface area contributed by atoms with Crippen molar-refractivity contribution >= 4 is 11.8 Å². The SMILES string of the molecule is CC1COC2CC(OC(=O)Oc3ccc([N+](=O)[O-])cc3)CC12. The van der Waals surface area contributed by atoms with E-state index in [1.807, 2.05) is 0 Å². The smallest absolute Gasteiger partial charge is 0.431 e. The summed E-state index contributed by atoms with van der Waals surface area (Å²) in [4.78, 5) is 21.8. The number of carbonyl (C=O) groups is 1. The Morgan fingerprint density at radius 2 is 2.05 bits per heavy atom. The van der Waals surface area contributed by atoms with Gasteiger partial charge in [0, 0.05) is 25.2 Å². The van der Waals surface area contributed by atoms with Crippen molar-refractivity contribution in [3.8, 4) is 5.75 Å². The molecule has 2 fully saturated rings. The number of benzene rings is 1. The molecule has 7 nitrogen and oxygen atoms in total. The fraction of sp³-hybridized carbons (Fsp3) is 0.533. The molecule has 3 rings (SSSR count). The average molecular weight is 307 g/mol. The number of rotatable bonds is 3. The first kappa shape index (κ1) is 14.8. The molecule has 1 aliphatic heterocycles. The van der Waals surface area contributed by atoms with Crippen molar-refractivity contribution in [2.24, 2.45) is 11.8 Å². The van der Waals surface area contributed by atoms with E-state index in [-0.39, 0.29) is 23.6 Å². The number of hydrogen-bond acceptors (Lipinski definition) is 6. The molecule has 0 bridgehead atoms. The topological polar surface area (TPSA) is 87.9 Å². The molecule has 1 aromatic carbocycles. The molecule has 1 aliphatic carbocycles. The monoisotopic (exact) mass is 307 g/mol. The highest BCUT2D eigenvalue weighted by Gasteiger charge is 2.44.